The number of hydrogen-bond acceptors (Lipinski definition) is 6. The van der Waals surface area contributed by atoms with Crippen LogP contribution in [0.15, 0.2) is 23.1 Å². The number of carbonyl (C=O) groups excluding carboxylic acids is 1. The van der Waals surface area contributed by atoms with Crippen molar-refractivity contribution in [2.45, 2.75) is 53.1 Å². The van der Waals surface area contributed by atoms with Crippen LogP contribution in [-0.2, 0) is 24.6 Å². The Labute approximate surface area is 136 Å². The van der Waals surface area contributed by atoms with Gasteiger partial charge in [-0.3, -0.25) is 9.36 Å². The van der Waals surface area contributed by atoms with Gasteiger partial charge in [-0.1, -0.05) is 0 Å². The predicted molar refractivity (Wildman–Crippen MR) is 86.7 cm³/mol. The van der Waals surface area contributed by atoms with Gasteiger partial charge >= 0.3 is 13.6 Å². The van der Waals surface area contributed by atoms with E-state index in [4.69, 9.17) is 13.8 Å². The zero-order valence-corrected chi connectivity index (χ0v) is 15.0. The van der Waals surface area contributed by atoms with E-state index in [0.29, 0.717) is 0 Å². The molecule has 0 N–H and O–H groups in total. The van der Waals surface area contributed by atoms with Gasteiger partial charge in [-0.25, -0.2) is 4.79 Å². The van der Waals surface area contributed by atoms with Gasteiger partial charge in [0.25, 0.3) is 0 Å². The summed E-state index contributed by atoms with van der Waals surface area (Å²) in [7, 11) is -3.50. The minimum absolute atomic E-state index is 0.0132. The Balaban J connectivity index is 3.20. The molecule has 0 saturated heterocycles. The third-order valence-corrected chi connectivity index (χ3v) is 4.70. The standard InChI is InChI=1S/C15H24NO6P/c1-6-20-15(18)14-9-13(17)7-8-16(14)10-23(19,21-11(2)3)22-12(4)5/h7-9,11-12H,6,10H2,1-5H3. The summed E-state index contributed by atoms with van der Waals surface area (Å²) in [5.41, 5.74) is -0.326. The monoisotopic (exact) mass is 345 g/mol. The van der Waals surface area contributed by atoms with E-state index in [-0.39, 0.29) is 36.2 Å². The van der Waals surface area contributed by atoms with Gasteiger partial charge in [0.1, 0.15) is 12.0 Å². The maximum atomic E-state index is 12.9. The summed E-state index contributed by atoms with van der Waals surface area (Å²) in [6.45, 7) is 8.81. The van der Waals surface area contributed by atoms with Gasteiger partial charge in [0.2, 0.25) is 0 Å². The second-order valence-electron chi connectivity index (χ2n) is 5.50. The first kappa shape index (κ1) is 19.6. The number of nitrogens with zero attached hydrogens (tertiary/aromatic N) is 1. The van der Waals surface area contributed by atoms with Crippen molar-refractivity contribution in [2.24, 2.45) is 0 Å². The summed E-state index contributed by atoms with van der Waals surface area (Å²) in [5.74, 6) is -0.661. The molecule has 0 unspecified atom stereocenters. The number of ether oxygens (including phenoxy) is 1. The first-order chi connectivity index (χ1) is 10.7. The van der Waals surface area contributed by atoms with Crippen molar-refractivity contribution in [2.75, 3.05) is 6.61 Å². The molecule has 1 aromatic heterocycles. The van der Waals surface area contributed by atoms with E-state index in [0.717, 1.165) is 6.07 Å². The Kier molecular flexibility index (Phi) is 7.19. The van der Waals surface area contributed by atoms with Crippen molar-refractivity contribution in [1.82, 2.24) is 4.57 Å². The maximum Gasteiger partial charge on any atom is 0.355 e. The van der Waals surface area contributed by atoms with Crippen LogP contribution in [0.3, 0.4) is 0 Å². The second kappa shape index (κ2) is 8.43. The number of esters is 1. The topological polar surface area (TPSA) is 83.8 Å². The summed E-state index contributed by atoms with van der Waals surface area (Å²) in [6, 6.07) is 2.42. The Bertz CT molecular complexity index is 623. The average molecular weight is 345 g/mol. The molecule has 0 bridgehead atoms. The highest BCUT2D eigenvalue weighted by Crippen LogP contribution is 2.52. The Morgan fingerprint density at radius 3 is 2.26 bits per heavy atom. The lowest BCUT2D eigenvalue weighted by atomic mass is 10.3. The Morgan fingerprint density at radius 1 is 1.22 bits per heavy atom. The van der Waals surface area contributed by atoms with Crippen molar-refractivity contribution in [3.8, 4) is 0 Å². The molecule has 0 amide bonds. The Hall–Kier alpha value is -1.43. The third-order valence-electron chi connectivity index (χ3n) is 2.56. The summed E-state index contributed by atoms with van der Waals surface area (Å²) >= 11 is 0. The van der Waals surface area contributed by atoms with Crippen molar-refractivity contribution in [1.29, 1.82) is 0 Å². The summed E-state index contributed by atoms with van der Waals surface area (Å²) in [5, 5.41) is 0. The van der Waals surface area contributed by atoms with Gasteiger partial charge in [0.15, 0.2) is 5.43 Å². The van der Waals surface area contributed by atoms with Crippen molar-refractivity contribution >= 4 is 13.6 Å². The van der Waals surface area contributed by atoms with Gasteiger partial charge in [-0.2, -0.15) is 0 Å². The number of pyridine rings is 1. The first-order valence-electron chi connectivity index (χ1n) is 7.50. The summed E-state index contributed by atoms with van der Waals surface area (Å²) < 4.78 is 30.1. The molecular formula is C15H24NO6P. The zero-order chi connectivity index (χ0) is 17.6. The van der Waals surface area contributed by atoms with Crippen LogP contribution in [-0.4, -0.2) is 29.4 Å². The van der Waals surface area contributed by atoms with Crippen LogP contribution in [0.1, 0.15) is 45.1 Å². The molecule has 1 aromatic rings. The largest absolute Gasteiger partial charge is 0.461 e. The van der Waals surface area contributed by atoms with Crippen LogP contribution in [0.2, 0.25) is 0 Å². The van der Waals surface area contributed by atoms with E-state index in [2.05, 4.69) is 0 Å². The molecule has 23 heavy (non-hydrogen) atoms. The van der Waals surface area contributed by atoms with Crippen LogP contribution < -0.4 is 5.43 Å². The molecule has 0 radical (unpaired) electrons. The van der Waals surface area contributed by atoms with Gasteiger partial charge in [0.05, 0.1) is 18.8 Å². The highest BCUT2D eigenvalue weighted by molar-refractivity contribution is 7.52. The van der Waals surface area contributed by atoms with Crippen LogP contribution in [0, 0.1) is 0 Å². The van der Waals surface area contributed by atoms with Crippen LogP contribution in [0.5, 0.6) is 0 Å². The molecule has 0 aliphatic rings. The molecule has 0 atom stereocenters. The number of aromatic nitrogens is 1. The minimum Gasteiger partial charge on any atom is -0.461 e. The zero-order valence-electron chi connectivity index (χ0n) is 14.1. The minimum atomic E-state index is -3.50. The number of rotatable bonds is 8. The average Bonchev–Trinajstić information content (AvgIpc) is 2.38. The van der Waals surface area contributed by atoms with Gasteiger partial charge in [0, 0.05) is 18.3 Å². The fourth-order valence-corrected chi connectivity index (χ4v) is 4.02. The lowest BCUT2D eigenvalue weighted by Crippen LogP contribution is -2.20. The highest BCUT2D eigenvalue weighted by Gasteiger charge is 2.30. The van der Waals surface area contributed by atoms with Crippen molar-refractivity contribution < 1.29 is 23.1 Å². The van der Waals surface area contributed by atoms with Gasteiger partial charge in [-0.05, 0) is 34.6 Å². The molecule has 0 aliphatic carbocycles. The predicted octanol–water partition coefficient (Wildman–Crippen LogP) is 3.03. The smallest absolute Gasteiger partial charge is 0.355 e. The molecule has 7 nitrogen and oxygen atoms in total. The van der Waals surface area contributed by atoms with E-state index in [1.165, 1.54) is 16.8 Å². The molecule has 8 heteroatoms. The molecule has 1 rings (SSSR count). The lowest BCUT2D eigenvalue weighted by molar-refractivity contribution is 0.0513. The second-order valence-corrected chi connectivity index (χ2v) is 7.42. The molecule has 0 aromatic carbocycles. The number of hydrogen-bond donors (Lipinski definition) is 0. The molecule has 0 aliphatic heterocycles. The number of carbonyl (C=O) groups is 1. The molecular weight excluding hydrogens is 321 g/mol. The molecule has 0 spiro atoms. The highest BCUT2D eigenvalue weighted by atomic mass is 31.2. The van der Waals surface area contributed by atoms with E-state index in [9.17, 15) is 14.2 Å². The quantitative estimate of drug-likeness (QED) is 0.532. The SMILES string of the molecule is CCOC(=O)c1cc(=O)ccn1CP(=O)(OC(C)C)OC(C)C. The molecule has 0 fully saturated rings. The fraction of sp³-hybridized carbons (Fsp3) is 0.600. The third kappa shape index (κ3) is 6.29. The Morgan fingerprint density at radius 2 is 1.78 bits per heavy atom. The van der Waals surface area contributed by atoms with E-state index in [1.54, 1.807) is 34.6 Å². The van der Waals surface area contributed by atoms with Crippen molar-refractivity contribution in [3.05, 3.63) is 34.2 Å². The van der Waals surface area contributed by atoms with E-state index >= 15 is 0 Å². The van der Waals surface area contributed by atoms with Crippen molar-refractivity contribution in [3.63, 3.8) is 0 Å². The lowest BCUT2D eigenvalue weighted by Gasteiger charge is -2.24. The molecule has 1 heterocycles. The van der Waals surface area contributed by atoms with Gasteiger partial charge in [-0.15, -0.1) is 0 Å². The normalized spacial score (nSPS) is 12.0. The van der Waals surface area contributed by atoms with E-state index in [1.807, 2.05) is 0 Å². The first-order valence-corrected chi connectivity index (χ1v) is 9.23. The molecule has 130 valence electrons. The summed E-state index contributed by atoms with van der Waals surface area (Å²) in [6.07, 6.45) is 0.571. The summed E-state index contributed by atoms with van der Waals surface area (Å²) in [4.78, 5) is 23.5. The van der Waals surface area contributed by atoms with Gasteiger partial charge < -0.3 is 18.4 Å². The van der Waals surface area contributed by atoms with Crippen LogP contribution >= 0.6 is 7.60 Å². The van der Waals surface area contributed by atoms with Crippen LogP contribution in [0.25, 0.3) is 0 Å². The maximum absolute atomic E-state index is 12.9. The van der Waals surface area contributed by atoms with E-state index < -0.39 is 13.6 Å². The molecule has 0 saturated carbocycles. The van der Waals surface area contributed by atoms with Crippen LogP contribution in [0.4, 0.5) is 0 Å². The fourth-order valence-electron chi connectivity index (χ4n) is 1.93.